The first kappa shape index (κ1) is 14.9. The standard InChI is InChI=1S/C13H28OSi/c1-5-7-8-9-10-11-12-15(3,4)13(14)6-2/h5-12H2,1-4H3. The van der Waals surface area contributed by atoms with Gasteiger partial charge in [0.1, 0.15) is 13.5 Å². The van der Waals surface area contributed by atoms with Crippen LogP contribution in [0.1, 0.15) is 58.8 Å². The molecule has 0 heterocycles. The molecule has 0 aliphatic rings. The van der Waals surface area contributed by atoms with Gasteiger partial charge in [-0.1, -0.05) is 71.5 Å². The lowest BCUT2D eigenvalue weighted by molar-refractivity contribution is -0.112. The molecular formula is C13H28OSi. The molecule has 0 spiro atoms. The molecular weight excluding hydrogens is 200 g/mol. The molecule has 0 saturated carbocycles. The molecule has 0 atom stereocenters. The second kappa shape index (κ2) is 8.09. The van der Waals surface area contributed by atoms with E-state index in [2.05, 4.69) is 20.0 Å². The SMILES string of the molecule is CCCCCCCC[Si](C)(C)C(=O)CC. The van der Waals surface area contributed by atoms with Gasteiger partial charge in [-0.15, -0.1) is 0 Å². The third-order valence-corrected chi connectivity index (χ3v) is 6.70. The van der Waals surface area contributed by atoms with Gasteiger partial charge in [0, 0.05) is 0 Å². The molecule has 2 heteroatoms. The number of unbranched alkanes of at least 4 members (excludes halogenated alkanes) is 5. The highest BCUT2D eigenvalue weighted by atomic mass is 28.3. The number of rotatable bonds is 9. The smallest absolute Gasteiger partial charge is 0.126 e. The lowest BCUT2D eigenvalue weighted by Gasteiger charge is -2.19. The highest BCUT2D eigenvalue weighted by molar-refractivity contribution is 7.04. The first-order chi connectivity index (χ1) is 7.04. The molecule has 90 valence electrons. The largest absolute Gasteiger partial charge is 0.305 e. The van der Waals surface area contributed by atoms with Crippen molar-refractivity contribution >= 4 is 13.5 Å². The Bertz CT molecular complexity index is 175. The predicted octanol–water partition coefficient (Wildman–Crippen LogP) is 4.57. The minimum Gasteiger partial charge on any atom is -0.305 e. The monoisotopic (exact) mass is 228 g/mol. The summed E-state index contributed by atoms with van der Waals surface area (Å²) >= 11 is 0. The van der Waals surface area contributed by atoms with Crippen LogP contribution in [-0.4, -0.2) is 13.5 Å². The van der Waals surface area contributed by atoms with Crippen molar-refractivity contribution in [2.45, 2.75) is 77.9 Å². The average molecular weight is 228 g/mol. The van der Waals surface area contributed by atoms with Gasteiger partial charge in [0.05, 0.1) is 0 Å². The Kier molecular flexibility index (Phi) is 8.03. The number of carbonyl (C=O) groups excluding carboxylic acids is 1. The highest BCUT2D eigenvalue weighted by Crippen LogP contribution is 2.18. The van der Waals surface area contributed by atoms with Gasteiger partial charge in [-0.05, 0) is 6.42 Å². The van der Waals surface area contributed by atoms with Crippen LogP contribution in [0.15, 0.2) is 0 Å². The third-order valence-electron chi connectivity index (χ3n) is 3.23. The Balaban J connectivity index is 3.53. The fourth-order valence-electron chi connectivity index (χ4n) is 1.97. The van der Waals surface area contributed by atoms with E-state index in [0.29, 0.717) is 5.41 Å². The second-order valence-corrected chi connectivity index (χ2v) is 10.0. The van der Waals surface area contributed by atoms with Crippen LogP contribution < -0.4 is 0 Å². The molecule has 0 aromatic carbocycles. The fraction of sp³-hybridized carbons (Fsp3) is 0.923. The van der Waals surface area contributed by atoms with E-state index in [4.69, 9.17) is 0 Å². The Morgan fingerprint density at radius 1 is 0.933 bits per heavy atom. The van der Waals surface area contributed by atoms with Gasteiger partial charge < -0.3 is 4.79 Å². The van der Waals surface area contributed by atoms with Gasteiger partial charge >= 0.3 is 0 Å². The first-order valence-electron chi connectivity index (χ1n) is 6.58. The molecule has 0 saturated heterocycles. The summed E-state index contributed by atoms with van der Waals surface area (Å²) in [5.41, 5.74) is 0. The van der Waals surface area contributed by atoms with Gasteiger partial charge in [-0.2, -0.15) is 0 Å². The molecule has 0 amide bonds. The Labute approximate surface area is 96.7 Å². The number of hydrogen-bond donors (Lipinski definition) is 0. The van der Waals surface area contributed by atoms with Crippen molar-refractivity contribution < 1.29 is 4.79 Å². The summed E-state index contributed by atoms with van der Waals surface area (Å²) < 4.78 is 0. The van der Waals surface area contributed by atoms with Crippen LogP contribution >= 0.6 is 0 Å². The van der Waals surface area contributed by atoms with Crippen LogP contribution in [0.2, 0.25) is 19.1 Å². The summed E-state index contributed by atoms with van der Waals surface area (Å²) in [6.07, 6.45) is 8.76. The third kappa shape index (κ3) is 6.88. The molecule has 0 aliphatic carbocycles. The maximum atomic E-state index is 11.7. The van der Waals surface area contributed by atoms with E-state index < -0.39 is 8.07 Å². The van der Waals surface area contributed by atoms with Gasteiger partial charge in [-0.25, -0.2) is 0 Å². The van der Waals surface area contributed by atoms with E-state index in [1.54, 1.807) is 0 Å². The van der Waals surface area contributed by atoms with Crippen LogP contribution in [0.5, 0.6) is 0 Å². The van der Waals surface area contributed by atoms with Crippen molar-refractivity contribution in [1.29, 1.82) is 0 Å². The zero-order valence-corrected chi connectivity index (χ0v) is 12.1. The number of hydrogen-bond acceptors (Lipinski definition) is 1. The van der Waals surface area contributed by atoms with Crippen LogP contribution in [0.4, 0.5) is 0 Å². The lowest BCUT2D eigenvalue weighted by atomic mass is 10.1. The van der Waals surface area contributed by atoms with Crippen molar-refractivity contribution in [3.63, 3.8) is 0 Å². The minimum atomic E-state index is -1.51. The van der Waals surface area contributed by atoms with Crippen molar-refractivity contribution in [1.82, 2.24) is 0 Å². The maximum absolute atomic E-state index is 11.7. The van der Waals surface area contributed by atoms with E-state index >= 15 is 0 Å². The maximum Gasteiger partial charge on any atom is 0.126 e. The van der Waals surface area contributed by atoms with Crippen LogP contribution in [0.3, 0.4) is 0 Å². The van der Waals surface area contributed by atoms with Crippen LogP contribution in [0.25, 0.3) is 0 Å². The van der Waals surface area contributed by atoms with Crippen molar-refractivity contribution in [3.05, 3.63) is 0 Å². The summed E-state index contributed by atoms with van der Waals surface area (Å²) in [4.78, 5) is 11.7. The topological polar surface area (TPSA) is 17.1 Å². The van der Waals surface area contributed by atoms with Crippen molar-refractivity contribution in [2.75, 3.05) is 0 Å². The van der Waals surface area contributed by atoms with Crippen molar-refractivity contribution in [2.24, 2.45) is 0 Å². The van der Waals surface area contributed by atoms with Gasteiger partial charge in [0.15, 0.2) is 0 Å². The molecule has 0 bridgehead atoms. The van der Waals surface area contributed by atoms with E-state index in [9.17, 15) is 4.79 Å². The van der Waals surface area contributed by atoms with Crippen LogP contribution in [0, 0.1) is 0 Å². The molecule has 0 aliphatic heterocycles. The zero-order chi connectivity index (χ0) is 11.7. The van der Waals surface area contributed by atoms with E-state index in [1.165, 1.54) is 44.6 Å². The second-order valence-electron chi connectivity index (χ2n) is 5.18. The van der Waals surface area contributed by atoms with Crippen molar-refractivity contribution in [3.8, 4) is 0 Å². The first-order valence-corrected chi connectivity index (χ1v) is 9.78. The Morgan fingerprint density at radius 2 is 1.47 bits per heavy atom. The summed E-state index contributed by atoms with van der Waals surface area (Å²) in [6.45, 7) is 8.70. The van der Waals surface area contributed by atoms with Gasteiger partial charge in [0.2, 0.25) is 0 Å². The molecule has 0 rings (SSSR count). The molecule has 0 radical (unpaired) electrons. The normalized spacial score (nSPS) is 11.7. The van der Waals surface area contributed by atoms with Gasteiger partial charge in [-0.3, -0.25) is 0 Å². The molecule has 0 aromatic heterocycles. The summed E-state index contributed by atoms with van der Waals surface area (Å²) in [5.74, 6) is 0. The summed E-state index contributed by atoms with van der Waals surface area (Å²) in [5, 5.41) is 0.552. The van der Waals surface area contributed by atoms with E-state index in [1.807, 2.05) is 6.92 Å². The Morgan fingerprint density at radius 3 is 2.00 bits per heavy atom. The highest BCUT2D eigenvalue weighted by Gasteiger charge is 2.27. The predicted molar refractivity (Wildman–Crippen MR) is 71.0 cm³/mol. The average Bonchev–Trinajstić information content (AvgIpc) is 2.22. The van der Waals surface area contributed by atoms with E-state index in [-0.39, 0.29) is 0 Å². The van der Waals surface area contributed by atoms with Crippen LogP contribution in [-0.2, 0) is 4.79 Å². The lowest BCUT2D eigenvalue weighted by Crippen LogP contribution is -2.36. The molecule has 0 aromatic rings. The summed E-state index contributed by atoms with van der Waals surface area (Å²) in [7, 11) is -1.51. The number of carbonyl (C=O) groups is 1. The Hall–Kier alpha value is -0.113. The van der Waals surface area contributed by atoms with E-state index in [0.717, 1.165) is 6.42 Å². The summed E-state index contributed by atoms with van der Waals surface area (Å²) in [6, 6.07) is 1.20. The molecule has 15 heavy (non-hydrogen) atoms. The van der Waals surface area contributed by atoms with Gasteiger partial charge in [0.25, 0.3) is 0 Å². The molecule has 1 nitrogen and oxygen atoms in total. The molecule has 0 N–H and O–H groups in total. The molecule has 0 unspecified atom stereocenters. The molecule has 0 fully saturated rings. The zero-order valence-electron chi connectivity index (χ0n) is 11.1. The fourth-order valence-corrected chi connectivity index (χ4v) is 4.34. The quantitative estimate of drug-likeness (QED) is 0.417. The minimum absolute atomic E-state index is 0.552.